The molecule has 5 nitrogen and oxygen atoms in total. The summed E-state index contributed by atoms with van der Waals surface area (Å²) in [6.07, 6.45) is 1.45. The molecule has 0 heterocycles. The minimum Gasteiger partial charge on any atom is -0.395 e. The number of amides is 1. The van der Waals surface area contributed by atoms with Crippen LogP contribution in [0.2, 0.25) is 0 Å². The Hall–Kier alpha value is -0.650. The van der Waals surface area contributed by atoms with Crippen LogP contribution >= 0.6 is 0 Å². The first-order valence-corrected chi connectivity index (χ1v) is 5.40. The third-order valence-corrected chi connectivity index (χ3v) is 1.92. The molecule has 90 valence electrons. The van der Waals surface area contributed by atoms with Crippen molar-refractivity contribution in [1.29, 1.82) is 0 Å². The van der Waals surface area contributed by atoms with Gasteiger partial charge in [-0.3, -0.25) is 4.79 Å². The fourth-order valence-electron chi connectivity index (χ4n) is 1.12. The Morgan fingerprint density at radius 2 is 2.00 bits per heavy atom. The van der Waals surface area contributed by atoms with E-state index in [4.69, 9.17) is 5.11 Å². The molecule has 0 rings (SSSR count). The lowest BCUT2D eigenvalue weighted by molar-refractivity contribution is -0.121. The van der Waals surface area contributed by atoms with Gasteiger partial charge in [0.05, 0.1) is 6.61 Å². The first-order chi connectivity index (χ1) is 7.16. The highest BCUT2D eigenvalue weighted by molar-refractivity contribution is 5.75. The predicted molar refractivity (Wildman–Crippen MR) is 60.8 cm³/mol. The van der Waals surface area contributed by atoms with Gasteiger partial charge < -0.3 is 20.6 Å². The van der Waals surface area contributed by atoms with Crippen LogP contribution in [-0.4, -0.2) is 62.8 Å². The van der Waals surface area contributed by atoms with Crippen LogP contribution in [-0.2, 0) is 4.79 Å². The van der Waals surface area contributed by atoms with Crippen molar-refractivity contribution in [2.75, 3.05) is 46.9 Å². The number of aliphatic hydroxyl groups is 1. The molecule has 0 atom stereocenters. The standard InChI is InChI=1S/C10H23N3O2/c1-13(2)8-3-5-12-10(15)4-6-11-7-9-14/h11,14H,3-9H2,1-2H3,(H,12,15). The van der Waals surface area contributed by atoms with E-state index in [2.05, 4.69) is 15.5 Å². The molecule has 5 heteroatoms. The molecule has 0 spiro atoms. The van der Waals surface area contributed by atoms with E-state index < -0.39 is 0 Å². The second kappa shape index (κ2) is 9.89. The summed E-state index contributed by atoms with van der Waals surface area (Å²) in [5.41, 5.74) is 0. The second-order valence-corrected chi connectivity index (χ2v) is 3.73. The Morgan fingerprint density at radius 3 is 2.60 bits per heavy atom. The van der Waals surface area contributed by atoms with Crippen molar-refractivity contribution in [2.24, 2.45) is 0 Å². The molecule has 0 aliphatic carbocycles. The maximum absolute atomic E-state index is 11.2. The molecule has 0 radical (unpaired) electrons. The molecular formula is C10H23N3O2. The summed E-state index contributed by atoms with van der Waals surface area (Å²) in [5, 5.41) is 14.3. The fraction of sp³-hybridized carbons (Fsp3) is 0.900. The molecule has 0 aliphatic heterocycles. The Labute approximate surface area is 91.8 Å². The number of rotatable bonds is 9. The van der Waals surface area contributed by atoms with Gasteiger partial charge in [0.1, 0.15) is 0 Å². The molecular weight excluding hydrogens is 194 g/mol. The van der Waals surface area contributed by atoms with E-state index in [0.717, 1.165) is 19.5 Å². The van der Waals surface area contributed by atoms with Crippen LogP contribution < -0.4 is 10.6 Å². The van der Waals surface area contributed by atoms with E-state index in [-0.39, 0.29) is 12.5 Å². The minimum absolute atomic E-state index is 0.0687. The zero-order valence-corrected chi connectivity index (χ0v) is 9.75. The molecule has 0 aliphatic rings. The van der Waals surface area contributed by atoms with Crippen LogP contribution in [0.5, 0.6) is 0 Å². The van der Waals surface area contributed by atoms with Crippen LogP contribution in [0.25, 0.3) is 0 Å². The molecule has 15 heavy (non-hydrogen) atoms. The Morgan fingerprint density at radius 1 is 1.27 bits per heavy atom. The minimum atomic E-state index is 0.0687. The SMILES string of the molecule is CN(C)CCCNC(=O)CCNCCO. The van der Waals surface area contributed by atoms with E-state index >= 15 is 0 Å². The van der Waals surface area contributed by atoms with Gasteiger partial charge in [0.2, 0.25) is 5.91 Å². The first-order valence-electron chi connectivity index (χ1n) is 5.40. The topological polar surface area (TPSA) is 64.6 Å². The highest BCUT2D eigenvalue weighted by Gasteiger charge is 1.99. The number of hydrogen-bond donors (Lipinski definition) is 3. The van der Waals surface area contributed by atoms with E-state index in [1.807, 2.05) is 14.1 Å². The quantitative estimate of drug-likeness (QED) is 0.435. The number of nitrogens with zero attached hydrogens (tertiary/aromatic N) is 1. The van der Waals surface area contributed by atoms with Gasteiger partial charge in [-0.15, -0.1) is 0 Å². The van der Waals surface area contributed by atoms with Crippen molar-refractivity contribution in [3.05, 3.63) is 0 Å². The van der Waals surface area contributed by atoms with Crippen LogP contribution in [0, 0.1) is 0 Å². The number of nitrogens with one attached hydrogen (secondary N) is 2. The van der Waals surface area contributed by atoms with Crippen molar-refractivity contribution in [2.45, 2.75) is 12.8 Å². The smallest absolute Gasteiger partial charge is 0.221 e. The Bertz CT molecular complexity index is 163. The summed E-state index contributed by atoms with van der Waals surface area (Å²) in [7, 11) is 4.03. The number of carbonyl (C=O) groups excluding carboxylic acids is 1. The van der Waals surface area contributed by atoms with E-state index in [1.54, 1.807) is 0 Å². The van der Waals surface area contributed by atoms with E-state index in [0.29, 0.717) is 19.5 Å². The summed E-state index contributed by atoms with van der Waals surface area (Å²) >= 11 is 0. The summed E-state index contributed by atoms with van der Waals surface area (Å²) in [4.78, 5) is 13.3. The summed E-state index contributed by atoms with van der Waals surface area (Å²) in [6.45, 7) is 3.01. The summed E-state index contributed by atoms with van der Waals surface area (Å²) in [5.74, 6) is 0.0687. The molecule has 0 unspecified atom stereocenters. The van der Waals surface area contributed by atoms with Gasteiger partial charge in [0.25, 0.3) is 0 Å². The average molecular weight is 217 g/mol. The molecule has 0 aromatic heterocycles. The molecule has 0 fully saturated rings. The van der Waals surface area contributed by atoms with Crippen LogP contribution in [0.15, 0.2) is 0 Å². The van der Waals surface area contributed by atoms with Crippen molar-refractivity contribution in [3.8, 4) is 0 Å². The predicted octanol–water partition coefficient (Wildman–Crippen LogP) is -0.974. The Balaban J connectivity index is 3.19. The molecule has 0 saturated carbocycles. The maximum Gasteiger partial charge on any atom is 0.221 e. The van der Waals surface area contributed by atoms with Gasteiger partial charge in [-0.05, 0) is 27.1 Å². The zero-order chi connectivity index (χ0) is 11.5. The van der Waals surface area contributed by atoms with Crippen molar-refractivity contribution >= 4 is 5.91 Å². The first kappa shape index (κ1) is 14.3. The van der Waals surface area contributed by atoms with E-state index in [1.165, 1.54) is 0 Å². The highest BCUT2D eigenvalue weighted by Crippen LogP contribution is 1.82. The second-order valence-electron chi connectivity index (χ2n) is 3.73. The number of hydrogen-bond acceptors (Lipinski definition) is 4. The van der Waals surface area contributed by atoms with Crippen LogP contribution in [0.1, 0.15) is 12.8 Å². The van der Waals surface area contributed by atoms with Crippen molar-refractivity contribution in [3.63, 3.8) is 0 Å². The largest absolute Gasteiger partial charge is 0.395 e. The molecule has 0 bridgehead atoms. The highest BCUT2D eigenvalue weighted by atomic mass is 16.3. The van der Waals surface area contributed by atoms with Gasteiger partial charge in [0.15, 0.2) is 0 Å². The van der Waals surface area contributed by atoms with Gasteiger partial charge in [-0.1, -0.05) is 0 Å². The average Bonchev–Trinajstić information content (AvgIpc) is 2.19. The number of aliphatic hydroxyl groups excluding tert-OH is 1. The number of carbonyl (C=O) groups is 1. The molecule has 1 amide bonds. The molecule has 0 aromatic rings. The lowest BCUT2D eigenvalue weighted by Crippen LogP contribution is -2.30. The molecule has 0 saturated heterocycles. The van der Waals surface area contributed by atoms with Gasteiger partial charge >= 0.3 is 0 Å². The van der Waals surface area contributed by atoms with Gasteiger partial charge in [0, 0.05) is 26.1 Å². The Kier molecular flexibility index (Phi) is 9.46. The molecule has 3 N–H and O–H groups in total. The van der Waals surface area contributed by atoms with Gasteiger partial charge in [-0.2, -0.15) is 0 Å². The van der Waals surface area contributed by atoms with E-state index in [9.17, 15) is 4.79 Å². The van der Waals surface area contributed by atoms with Crippen molar-refractivity contribution < 1.29 is 9.90 Å². The van der Waals surface area contributed by atoms with Gasteiger partial charge in [-0.25, -0.2) is 0 Å². The third-order valence-electron chi connectivity index (χ3n) is 1.92. The van der Waals surface area contributed by atoms with Crippen LogP contribution in [0.3, 0.4) is 0 Å². The molecule has 0 aromatic carbocycles. The maximum atomic E-state index is 11.2. The summed E-state index contributed by atoms with van der Waals surface area (Å²) in [6, 6.07) is 0. The zero-order valence-electron chi connectivity index (χ0n) is 9.75. The lowest BCUT2D eigenvalue weighted by atomic mass is 10.3. The normalized spacial score (nSPS) is 10.7. The van der Waals surface area contributed by atoms with Crippen molar-refractivity contribution in [1.82, 2.24) is 15.5 Å². The third kappa shape index (κ3) is 11.3. The fourth-order valence-corrected chi connectivity index (χ4v) is 1.12. The monoisotopic (exact) mass is 217 g/mol. The summed E-state index contributed by atoms with van der Waals surface area (Å²) < 4.78 is 0. The lowest BCUT2D eigenvalue weighted by Gasteiger charge is -2.09. The van der Waals surface area contributed by atoms with Crippen LogP contribution in [0.4, 0.5) is 0 Å².